The second-order valence-corrected chi connectivity index (χ2v) is 5.05. The van der Waals surface area contributed by atoms with Gasteiger partial charge in [-0.25, -0.2) is 8.78 Å². The molecule has 2 atom stereocenters. The Morgan fingerprint density at radius 2 is 1.62 bits per heavy atom. The van der Waals surface area contributed by atoms with Crippen LogP contribution in [-0.4, -0.2) is 7.11 Å². The zero-order valence-electron chi connectivity index (χ0n) is 12.4. The summed E-state index contributed by atoms with van der Waals surface area (Å²) in [7, 11) is 1.51. The van der Waals surface area contributed by atoms with Crippen LogP contribution < -0.4 is 10.1 Å². The second-order valence-electron chi connectivity index (χ2n) is 5.05. The number of ether oxygens (including phenoxy) is 1. The van der Waals surface area contributed by atoms with Crippen LogP contribution in [0.5, 0.6) is 5.75 Å². The second kappa shape index (κ2) is 6.68. The van der Waals surface area contributed by atoms with E-state index >= 15 is 0 Å². The molecule has 0 heterocycles. The van der Waals surface area contributed by atoms with Crippen LogP contribution in [0.4, 0.5) is 8.78 Å². The van der Waals surface area contributed by atoms with Gasteiger partial charge in [-0.05, 0) is 37.6 Å². The Morgan fingerprint density at radius 1 is 0.952 bits per heavy atom. The summed E-state index contributed by atoms with van der Waals surface area (Å²) in [5.41, 5.74) is 1.53. The molecule has 2 nitrogen and oxygen atoms in total. The maximum atomic E-state index is 14.0. The van der Waals surface area contributed by atoms with Crippen molar-refractivity contribution in [3.8, 4) is 5.75 Å². The fourth-order valence-electron chi connectivity index (χ4n) is 2.30. The van der Waals surface area contributed by atoms with Crippen LogP contribution in [0.15, 0.2) is 42.5 Å². The van der Waals surface area contributed by atoms with E-state index in [4.69, 9.17) is 4.74 Å². The van der Waals surface area contributed by atoms with Gasteiger partial charge in [0, 0.05) is 23.7 Å². The zero-order chi connectivity index (χ0) is 15.4. The molecule has 2 rings (SSSR count). The van der Waals surface area contributed by atoms with E-state index in [1.807, 2.05) is 13.8 Å². The number of hydrogen-bond donors (Lipinski definition) is 1. The highest BCUT2D eigenvalue weighted by atomic mass is 19.1. The van der Waals surface area contributed by atoms with Crippen molar-refractivity contribution < 1.29 is 13.5 Å². The van der Waals surface area contributed by atoms with E-state index in [-0.39, 0.29) is 23.7 Å². The summed E-state index contributed by atoms with van der Waals surface area (Å²) in [4.78, 5) is 0. The van der Waals surface area contributed by atoms with Gasteiger partial charge in [0.1, 0.15) is 17.4 Å². The molecule has 0 aromatic heterocycles. The molecule has 0 aliphatic heterocycles. The Balaban J connectivity index is 2.10. The fraction of sp³-hybridized carbons (Fsp3) is 0.294. The minimum atomic E-state index is -0.305. The molecule has 4 heteroatoms. The zero-order valence-corrected chi connectivity index (χ0v) is 12.4. The van der Waals surface area contributed by atoms with Gasteiger partial charge in [0.15, 0.2) is 0 Å². The van der Waals surface area contributed by atoms with Crippen LogP contribution in [0.3, 0.4) is 0 Å². The summed E-state index contributed by atoms with van der Waals surface area (Å²) >= 11 is 0. The van der Waals surface area contributed by atoms with Crippen molar-refractivity contribution in [3.05, 3.63) is 65.2 Å². The Kier molecular flexibility index (Phi) is 4.91. The van der Waals surface area contributed by atoms with E-state index in [0.717, 1.165) is 5.56 Å². The predicted molar refractivity (Wildman–Crippen MR) is 79.3 cm³/mol. The van der Waals surface area contributed by atoms with Gasteiger partial charge in [0.25, 0.3) is 0 Å². The minimum Gasteiger partial charge on any atom is -0.497 e. The molecule has 0 saturated carbocycles. The fourth-order valence-corrected chi connectivity index (χ4v) is 2.30. The highest BCUT2D eigenvalue weighted by molar-refractivity contribution is 5.31. The molecule has 1 N–H and O–H groups in total. The first-order chi connectivity index (χ1) is 10.0. The number of halogens is 2. The lowest BCUT2D eigenvalue weighted by atomic mass is 10.0. The molecule has 0 saturated heterocycles. The van der Waals surface area contributed by atoms with Crippen LogP contribution in [-0.2, 0) is 0 Å². The van der Waals surface area contributed by atoms with Crippen LogP contribution in [0.2, 0.25) is 0 Å². The lowest BCUT2D eigenvalue weighted by Crippen LogP contribution is -2.23. The summed E-state index contributed by atoms with van der Waals surface area (Å²) in [6, 6.07) is 10.9. The third-order valence-corrected chi connectivity index (χ3v) is 3.54. The average molecular weight is 291 g/mol. The largest absolute Gasteiger partial charge is 0.497 e. The smallest absolute Gasteiger partial charge is 0.131 e. The van der Waals surface area contributed by atoms with E-state index in [1.165, 1.54) is 25.3 Å². The van der Waals surface area contributed by atoms with Gasteiger partial charge in [-0.15, -0.1) is 0 Å². The van der Waals surface area contributed by atoms with Crippen molar-refractivity contribution >= 4 is 0 Å². The number of methoxy groups -OCH3 is 1. The van der Waals surface area contributed by atoms with Gasteiger partial charge in [-0.1, -0.05) is 18.2 Å². The van der Waals surface area contributed by atoms with Gasteiger partial charge >= 0.3 is 0 Å². The Labute approximate surface area is 123 Å². The number of rotatable bonds is 5. The number of nitrogens with one attached hydrogen (secondary N) is 1. The van der Waals surface area contributed by atoms with Crippen molar-refractivity contribution in [3.63, 3.8) is 0 Å². The molecule has 0 fully saturated rings. The highest BCUT2D eigenvalue weighted by Crippen LogP contribution is 2.24. The SMILES string of the molecule is COc1ccc(C(C)N[C@H](C)c2ccc(F)cc2)c(F)c1. The first-order valence-corrected chi connectivity index (χ1v) is 6.86. The third-order valence-electron chi connectivity index (χ3n) is 3.54. The summed E-state index contributed by atoms with van der Waals surface area (Å²) in [6.45, 7) is 3.86. The molecule has 0 radical (unpaired) electrons. The van der Waals surface area contributed by atoms with Crippen molar-refractivity contribution in [1.29, 1.82) is 0 Å². The maximum Gasteiger partial charge on any atom is 0.131 e. The molecule has 0 amide bonds. The van der Waals surface area contributed by atoms with Gasteiger partial charge in [0.2, 0.25) is 0 Å². The lowest BCUT2D eigenvalue weighted by Gasteiger charge is -2.21. The van der Waals surface area contributed by atoms with Crippen molar-refractivity contribution in [1.82, 2.24) is 5.32 Å². The van der Waals surface area contributed by atoms with Crippen LogP contribution in [0.25, 0.3) is 0 Å². The Hall–Kier alpha value is -1.94. The van der Waals surface area contributed by atoms with E-state index in [9.17, 15) is 8.78 Å². The molecule has 112 valence electrons. The summed E-state index contributed by atoms with van der Waals surface area (Å²) < 4.78 is 31.9. The summed E-state index contributed by atoms with van der Waals surface area (Å²) in [5, 5.41) is 3.31. The van der Waals surface area contributed by atoms with E-state index in [1.54, 1.807) is 24.3 Å². The van der Waals surface area contributed by atoms with E-state index in [0.29, 0.717) is 11.3 Å². The van der Waals surface area contributed by atoms with E-state index < -0.39 is 0 Å². The first kappa shape index (κ1) is 15.4. The average Bonchev–Trinajstić information content (AvgIpc) is 2.47. The highest BCUT2D eigenvalue weighted by Gasteiger charge is 2.15. The topological polar surface area (TPSA) is 21.3 Å². The molecule has 0 spiro atoms. The van der Waals surface area contributed by atoms with Crippen molar-refractivity contribution in [2.24, 2.45) is 0 Å². The molecule has 2 aromatic rings. The third kappa shape index (κ3) is 3.79. The number of benzene rings is 2. The van der Waals surface area contributed by atoms with Crippen molar-refractivity contribution in [2.45, 2.75) is 25.9 Å². The molecule has 21 heavy (non-hydrogen) atoms. The quantitative estimate of drug-likeness (QED) is 0.882. The molecular formula is C17H19F2NO. The van der Waals surface area contributed by atoms with Gasteiger partial charge in [0.05, 0.1) is 7.11 Å². The monoisotopic (exact) mass is 291 g/mol. The standard InChI is InChI=1S/C17H19F2NO/c1-11(13-4-6-14(18)7-5-13)20-12(2)16-9-8-15(21-3)10-17(16)19/h4-12,20H,1-3H3/t11-,12?/m1/s1. The number of hydrogen-bond acceptors (Lipinski definition) is 2. The molecular weight excluding hydrogens is 272 g/mol. The molecule has 0 aliphatic carbocycles. The molecule has 0 bridgehead atoms. The van der Waals surface area contributed by atoms with Gasteiger partial charge in [-0.3, -0.25) is 0 Å². The lowest BCUT2D eigenvalue weighted by molar-refractivity contribution is 0.408. The minimum absolute atomic E-state index is 0.0119. The normalized spacial score (nSPS) is 13.8. The predicted octanol–water partition coefficient (Wildman–Crippen LogP) is 4.39. The Morgan fingerprint density at radius 3 is 2.19 bits per heavy atom. The maximum absolute atomic E-state index is 14.0. The van der Waals surface area contributed by atoms with Crippen LogP contribution in [0, 0.1) is 11.6 Å². The molecule has 0 aliphatic rings. The van der Waals surface area contributed by atoms with Gasteiger partial charge < -0.3 is 10.1 Å². The Bertz CT molecular complexity index is 598. The molecule has 2 aromatic carbocycles. The first-order valence-electron chi connectivity index (χ1n) is 6.86. The summed E-state index contributed by atoms with van der Waals surface area (Å²) in [5.74, 6) is -0.0733. The van der Waals surface area contributed by atoms with E-state index in [2.05, 4.69) is 5.32 Å². The van der Waals surface area contributed by atoms with Crippen LogP contribution >= 0.6 is 0 Å². The van der Waals surface area contributed by atoms with Crippen molar-refractivity contribution in [2.75, 3.05) is 7.11 Å². The molecule has 1 unspecified atom stereocenters. The van der Waals surface area contributed by atoms with Gasteiger partial charge in [-0.2, -0.15) is 0 Å². The van der Waals surface area contributed by atoms with Crippen LogP contribution in [0.1, 0.15) is 37.1 Å². The summed E-state index contributed by atoms with van der Waals surface area (Å²) in [6.07, 6.45) is 0.